The Kier molecular flexibility index (Phi) is 6.63. The van der Waals surface area contributed by atoms with Crippen LogP contribution in [0.5, 0.6) is 0 Å². The van der Waals surface area contributed by atoms with Crippen LogP contribution in [0.15, 0.2) is 48.5 Å². The first kappa shape index (κ1) is 22.5. The zero-order valence-corrected chi connectivity index (χ0v) is 18.7. The molecule has 0 spiro atoms. The summed E-state index contributed by atoms with van der Waals surface area (Å²) in [6, 6.07) is 15.8. The van der Waals surface area contributed by atoms with E-state index in [0.29, 0.717) is 13.1 Å². The lowest BCUT2D eigenvalue weighted by Gasteiger charge is -2.51. The molecule has 3 aliphatic carbocycles. The summed E-state index contributed by atoms with van der Waals surface area (Å²) >= 11 is 0. The van der Waals surface area contributed by atoms with Crippen LogP contribution in [0.25, 0.3) is 0 Å². The number of benzene rings is 2. The van der Waals surface area contributed by atoms with Crippen LogP contribution in [0, 0.1) is 10.8 Å². The third-order valence-corrected chi connectivity index (χ3v) is 7.50. The van der Waals surface area contributed by atoms with Gasteiger partial charge in [0.2, 0.25) is 11.8 Å². The molecule has 0 atom stereocenters. The number of hydrogen-bond donors (Lipinski definition) is 4. The first-order valence-electron chi connectivity index (χ1n) is 11.7. The van der Waals surface area contributed by atoms with E-state index in [1.807, 2.05) is 48.5 Å². The lowest BCUT2D eigenvalue weighted by molar-refractivity contribution is -0.144. The molecule has 2 aromatic carbocycles. The number of anilines is 2. The van der Waals surface area contributed by atoms with Gasteiger partial charge in [-0.1, -0.05) is 24.3 Å². The minimum absolute atomic E-state index is 0.0910. The second kappa shape index (κ2) is 9.43. The maximum Gasteiger partial charge on any atom is 0.230 e. The molecule has 3 saturated carbocycles. The average Bonchev–Trinajstić information content (AvgIpc) is 2.83. The molecule has 6 N–H and O–H groups in total. The van der Waals surface area contributed by atoms with Gasteiger partial charge in [-0.2, -0.15) is 0 Å². The van der Waals surface area contributed by atoms with E-state index in [4.69, 9.17) is 11.5 Å². The Labute approximate surface area is 190 Å². The molecule has 0 heterocycles. The number of carbonyl (C=O) groups is 2. The summed E-state index contributed by atoms with van der Waals surface area (Å²) < 4.78 is 0. The van der Waals surface area contributed by atoms with E-state index in [1.54, 1.807) is 0 Å². The standard InChI is InChI=1S/C26H34N4O2/c27-17-9-19-1-5-21(6-2-19)29-23(31)25-11-14-26(15-12-25,16-13-25)24(32)30-22-7-3-20(4-8-22)10-18-28/h1-8H,9-18,27-28H2,(H,29,31)(H,30,32). The molecule has 3 fully saturated rings. The van der Waals surface area contributed by atoms with Crippen molar-refractivity contribution >= 4 is 23.2 Å². The van der Waals surface area contributed by atoms with E-state index in [9.17, 15) is 9.59 Å². The molecule has 6 heteroatoms. The second-order valence-corrected chi connectivity index (χ2v) is 9.44. The van der Waals surface area contributed by atoms with Crippen molar-refractivity contribution < 1.29 is 9.59 Å². The Hall–Kier alpha value is -2.70. The topological polar surface area (TPSA) is 110 Å². The molecule has 0 radical (unpaired) electrons. The second-order valence-electron chi connectivity index (χ2n) is 9.44. The number of fused-ring (bicyclic) bond motifs is 3. The predicted molar refractivity (Wildman–Crippen MR) is 128 cm³/mol. The molecule has 170 valence electrons. The molecule has 0 aliphatic heterocycles. The van der Waals surface area contributed by atoms with Crippen molar-refractivity contribution in [2.75, 3.05) is 23.7 Å². The lowest BCUT2D eigenvalue weighted by Crippen LogP contribution is -2.52. The number of nitrogens with two attached hydrogens (primary N) is 2. The fourth-order valence-electron chi connectivity index (χ4n) is 5.24. The predicted octanol–water partition coefficient (Wildman–Crippen LogP) is 3.61. The molecule has 0 unspecified atom stereocenters. The summed E-state index contributed by atoms with van der Waals surface area (Å²) in [7, 11) is 0. The Balaban J connectivity index is 1.35. The van der Waals surface area contributed by atoms with Gasteiger partial charge in [0.25, 0.3) is 0 Å². The normalized spacial score (nSPS) is 24.2. The van der Waals surface area contributed by atoms with Crippen LogP contribution in [0.2, 0.25) is 0 Å². The summed E-state index contributed by atoms with van der Waals surface area (Å²) in [6.07, 6.45) is 6.21. The van der Waals surface area contributed by atoms with Gasteiger partial charge in [-0.25, -0.2) is 0 Å². The molecule has 6 nitrogen and oxygen atoms in total. The molecule has 32 heavy (non-hydrogen) atoms. The van der Waals surface area contributed by atoms with Crippen molar-refractivity contribution in [3.05, 3.63) is 59.7 Å². The highest BCUT2D eigenvalue weighted by molar-refractivity contribution is 5.98. The zero-order valence-electron chi connectivity index (χ0n) is 18.7. The molecule has 2 aromatic rings. The van der Waals surface area contributed by atoms with Crippen molar-refractivity contribution in [3.63, 3.8) is 0 Å². The van der Waals surface area contributed by atoms with Crippen molar-refractivity contribution in [2.45, 2.75) is 51.4 Å². The third-order valence-electron chi connectivity index (χ3n) is 7.50. The van der Waals surface area contributed by atoms with Gasteiger partial charge < -0.3 is 22.1 Å². The van der Waals surface area contributed by atoms with E-state index >= 15 is 0 Å². The fourth-order valence-corrected chi connectivity index (χ4v) is 5.24. The molecule has 0 saturated heterocycles. The smallest absolute Gasteiger partial charge is 0.230 e. The van der Waals surface area contributed by atoms with Gasteiger partial charge in [-0.15, -0.1) is 0 Å². The fraction of sp³-hybridized carbons (Fsp3) is 0.462. The van der Waals surface area contributed by atoms with Crippen LogP contribution in [-0.2, 0) is 22.4 Å². The third kappa shape index (κ3) is 4.57. The highest BCUT2D eigenvalue weighted by Gasteiger charge is 2.55. The van der Waals surface area contributed by atoms with Gasteiger partial charge in [0.1, 0.15) is 0 Å². The van der Waals surface area contributed by atoms with Gasteiger partial charge in [-0.3, -0.25) is 9.59 Å². The molecule has 2 amide bonds. The summed E-state index contributed by atoms with van der Waals surface area (Å²) in [5, 5.41) is 6.23. The van der Waals surface area contributed by atoms with Gasteiger partial charge in [0, 0.05) is 22.2 Å². The van der Waals surface area contributed by atoms with Crippen LogP contribution in [0.1, 0.15) is 49.7 Å². The Morgan fingerprint density at radius 1 is 0.625 bits per heavy atom. The number of rotatable bonds is 8. The molecule has 2 bridgehead atoms. The number of nitrogens with one attached hydrogen (secondary N) is 2. The van der Waals surface area contributed by atoms with Crippen LogP contribution in [0.3, 0.4) is 0 Å². The van der Waals surface area contributed by atoms with E-state index in [2.05, 4.69) is 10.6 Å². The molecular weight excluding hydrogens is 400 g/mol. The van der Waals surface area contributed by atoms with E-state index < -0.39 is 0 Å². The number of hydrogen-bond acceptors (Lipinski definition) is 4. The lowest BCUT2D eigenvalue weighted by atomic mass is 9.53. The Bertz CT molecular complexity index is 849. The highest BCUT2D eigenvalue weighted by Crippen LogP contribution is 2.57. The van der Waals surface area contributed by atoms with Gasteiger partial charge in [-0.05, 0) is 99.8 Å². The maximum atomic E-state index is 13.2. The quantitative estimate of drug-likeness (QED) is 0.509. The van der Waals surface area contributed by atoms with Crippen molar-refractivity contribution in [1.82, 2.24) is 0 Å². The summed E-state index contributed by atoms with van der Waals surface area (Å²) in [5.74, 6) is 0.182. The first-order chi connectivity index (χ1) is 15.5. The SMILES string of the molecule is NCCc1ccc(NC(=O)C23CCC(C(=O)Nc4ccc(CCN)cc4)(CC2)CC3)cc1. The molecular formula is C26H34N4O2. The van der Waals surface area contributed by atoms with E-state index in [-0.39, 0.29) is 22.6 Å². The van der Waals surface area contributed by atoms with E-state index in [1.165, 1.54) is 11.1 Å². The largest absolute Gasteiger partial charge is 0.330 e. The van der Waals surface area contributed by atoms with Crippen LogP contribution in [-0.4, -0.2) is 24.9 Å². The summed E-state index contributed by atoms with van der Waals surface area (Å²) in [6.45, 7) is 1.23. The summed E-state index contributed by atoms with van der Waals surface area (Å²) in [5.41, 5.74) is 14.5. The first-order valence-corrected chi connectivity index (χ1v) is 11.7. The minimum atomic E-state index is -0.359. The minimum Gasteiger partial charge on any atom is -0.330 e. The highest BCUT2D eigenvalue weighted by atomic mass is 16.2. The molecule has 0 aromatic heterocycles. The Morgan fingerprint density at radius 2 is 0.938 bits per heavy atom. The molecule has 5 rings (SSSR count). The maximum absolute atomic E-state index is 13.2. The van der Waals surface area contributed by atoms with Crippen molar-refractivity contribution in [2.24, 2.45) is 22.3 Å². The molecule has 3 aliphatic rings. The van der Waals surface area contributed by atoms with Crippen molar-refractivity contribution in [1.29, 1.82) is 0 Å². The summed E-state index contributed by atoms with van der Waals surface area (Å²) in [4.78, 5) is 26.3. The zero-order chi connectivity index (χ0) is 22.6. The van der Waals surface area contributed by atoms with Crippen LogP contribution in [0.4, 0.5) is 11.4 Å². The van der Waals surface area contributed by atoms with Gasteiger partial charge in [0.15, 0.2) is 0 Å². The van der Waals surface area contributed by atoms with Gasteiger partial charge >= 0.3 is 0 Å². The number of amides is 2. The monoisotopic (exact) mass is 434 g/mol. The average molecular weight is 435 g/mol. The Morgan fingerprint density at radius 3 is 1.22 bits per heavy atom. The van der Waals surface area contributed by atoms with Gasteiger partial charge in [0.05, 0.1) is 0 Å². The van der Waals surface area contributed by atoms with Crippen LogP contribution >= 0.6 is 0 Å². The van der Waals surface area contributed by atoms with E-state index in [0.717, 1.165) is 62.7 Å². The number of carbonyl (C=O) groups excluding carboxylic acids is 2. The van der Waals surface area contributed by atoms with Crippen molar-refractivity contribution in [3.8, 4) is 0 Å². The van der Waals surface area contributed by atoms with Crippen LogP contribution < -0.4 is 22.1 Å².